The minimum atomic E-state index is -0.100. The minimum absolute atomic E-state index is 0.100. The van der Waals surface area contributed by atoms with Gasteiger partial charge in [-0.25, -0.2) is 4.98 Å². The van der Waals surface area contributed by atoms with E-state index >= 15 is 0 Å². The topological polar surface area (TPSA) is 46.4 Å². The van der Waals surface area contributed by atoms with Crippen LogP contribution in [0.25, 0.3) is 5.65 Å². The van der Waals surface area contributed by atoms with Crippen LogP contribution >= 0.6 is 0 Å². The SMILES string of the molecule is Cc1ccc(C(=O)Nc2ccc3nc(C)c(C)n3c2)cc1C. The lowest BCUT2D eigenvalue weighted by molar-refractivity contribution is 0.102. The minimum Gasteiger partial charge on any atom is -0.321 e. The van der Waals surface area contributed by atoms with Gasteiger partial charge in [-0.15, -0.1) is 0 Å². The lowest BCUT2D eigenvalue weighted by Gasteiger charge is -2.08. The van der Waals surface area contributed by atoms with E-state index < -0.39 is 0 Å². The van der Waals surface area contributed by atoms with Crippen molar-refractivity contribution in [3.05, 3.63) is 64.6 Å². The fourth-order valence-corrected chi connectivity index (χ4v) is 2.44. The number of pyridine rings is 1. The Bertz CT molecular complexity index is 877. The third-order valence-corrected chi connectivity index (χ3v) is 4.12. The Labute approximate surface area is 129 Å². The van der Waals surface area contributed by atoms with Gasteiger partial charge in [-0.2, -0.15) is 0 Å². The predicted molar refractivity (Wildman–Crippen MR) is 88.5 cm³/mol. The molecule has 0 aliphatic heterocycles. The van der Waals surface area contributed by atoms with Crippen LogP contribution in [0.4, 0.5) is 5.69 Å². The second-order valence-corrected chi connectivity index (χ2v) is 5.68. The Kier molecular flexibility index (Phi) is 3.45. The second-order valence-electron chi connectivity index (χ2n) is 5.68. The second kappa shape index (κ2) is 5.30. The highest BCUT2D eigenvalue weighted by molar-refractivity contribution is 6.04. The molecule has 4 nitrogen and oxygen atoms in total. The van der Waals surface area contributed by atoms with Crippen molar-refractivity contribution < 1.29 is 4.79 Å². The molecule has 4 heteroatoms. The van der Waals surface area contributed by atoms with E-state index in [0.29, 0.717) is 5.56 Å². The molecule has 1 amide bonds. The third-order valence-electron chi connectivity index (χ3n) is 4.12. The molecule has 1 aromatic carbocycles. The average molecular weight is 293 g/mol. The molecule has 0 aliphatic carbocycles. The summed E-state index contributed by atoms with van der Waals surface area (Å²) in [7, 11) is 0. The van der Waals surface area contributed by atoms with Gasteiger partial charge in [-0.1, -0.05) is 6.07 Å². The number of nitrogens with one attached hydrogen (secondary N) is 1. The van der Waals surface area contributed by atoms with Crippen molar-refractivity contribution in [3.8, 4) is 0 Å². The Morgan fingerprint density at radius 1 is 1.05 bits per heavy atom. The van der Waals surface area contributed by atoms with Crippen molar-refractivity contribution in [2.45, 2.75) is 27.7 Å². The van der Waals surface area contributed by atoms with E-state index in [0.717, 1.165) is 28.3 Å². The van der Waals surface area contributed by atoms with Crippen molar-refractivity contribution in [3.63, 3.8) is 0 Å². The highest BCUT2D eigenvalue weighted by Crippen LogP contribution is 2.17. The number of carbonyl (C=O) groups excluding carboxylic acids is 1. The molecule has 0 saturated carbocycles. The van der Waals surface area contributed by atoms with Crippen LogP contribution in [0.2, 0.25) is 0 Å². The zero-order valence-corrected chi connectivity index (χ0v) is 13.3. The zero-order valence-electron chi connectivity index (χ0n) is 13.3. The van der Waals surface area contributed by atoms with Gasteiger partial charge in [0.05, 0.1) is 11.4 Å². The van der Waals surface area contributed by atoms with E-state index in [-0.39, 0.29) is 5.91 Å². The van der Waals surface area contributed by atoms with E-state index in [9.17, 15) is 4.79 Å². The summed E-state index contributed by atoms with van der Waals surface area (Å²) in [5, 5.41) is 2.95. The van der Waals surface area contributed by atoms with Gasteiger partial charge in [0.1, 0.15) is 5.65 Å². The highest BCUT2D eigenvalue weighted by atomic mass is 16.1. The largest absolute Gasteiger partial charge is 0.321 e. The first kappa shape index (κ1) is 14.3. The molecule has 0 bridgehead atoms. The molecule has 0 radical (unpaired) electrons. The molecule has 3 rings (SSSR count). The predicted octanol–water partition coefficient (Wildman–Crippen LogP) is 3.82. The van der Waals surface area contributed by atoms with Crippen LogP contribution in [0.3, 0.4) is 0 Å². The van der Waals surface area contributed by atoms with Crippen LogP contribution in [0.15, 0.2) is 36.5 Å². The number of benzene rings is 1. The molecule has 2 aromatic heterocycles. The molecule has 22 heavy (non-hydrogen) atoms. The van der Waals surface area contributed by atoms with Crippen LogP contribution in [-0.4, -0.2) is 15.3 Å². The standard InChI is InChI=1S/C18H19N3O/c1-11-5-6-15(9-12(11)2)18(22)20-16-7-8-17-19-13(3)14(4)21(17)10-16/h5-10H,1-4H3,(H,20,22). The molecular formula is C18H19N3O. The number of aryl methyl sites for hydroxylation is 4. The Morgan fingerprint density at radius 2 is 1.82 bits per heavy atom. The first-order chi connectivity index (χ1) is 10.5. The van der Waals surface area contributed by atoms with Crippen LogP contribution in [0.5, 0.6) is 0 Å². The Morgan fingerprint density at radius 3 is 2.55 bits per heavy atom. The Hall–Kier alpha value is -2.62. The highest BCUT2D eigenvalue weighted by Gasteiger charge is 2.09. The number of rotatable bonds is 2. The summed E-state index contributed by atoms with van der Waals surface area (Å²) in [4.78, 5) is 16.8. The molecule has 2 heterocycles. The summed E-state index contributed by atoms with van der Waals surface area (Å²) in [5.74, 6) is -0.100. The van der Waals surface area contributed by atoms with Gasteiger partial charge in [0.25, 0.3) is 5.91 Å². The van der Waals surface area contributed by atoms with Gasteiger partial charge in [-0.05, 0) is 63.1 Å². The molecule has 3 aromatic rings. The van der Waals surface area contributed by atoms with Crippen molar-refractivity contribution in [2.75, 3.05) is 5.32 Å². The van der Waals surface area contributed by atoms with Crippen molar-refractivity contribution in [2.24, 2.45) is 0 Å². The molecule has 1 N–H and O–H groups in total. The zero-order chi connectivity index (χ0) is 15.9. The molecule has 0 atom stereocenters. The normalized spacial score (nSPS) is 10.9. The molecule has 0 fully saturated rings. The first-order valence-electron chi connectivity index (χ1n) is 7.29. The lowest BCUT2D eigenvalue weighted by atomic mass is 10.1. The number of fused-ring (bicyclic) bond motifs is 1. The van der Waals surface area contributed by atoms with Crippen LogP contribution in [0, 0.1) is 27.7 Å². The van der Waals surface area contributed by atoms with E-state index in [2.05, 4.69) is 10.3 Å². The van der Waals surface area contributed by atoms with Gasteiger partial charge in [0.15, 0.2) is 0 Å². The van der Waals surface area contributed by atoms with Crippen molar-refractivity contribution in [1.29, 1.82) is 0 Å². The summed E-state index contributed by atoms with van der Waals surface area (Å²) in [6, 6.07) is 9.52. The first-order valence-corrected chi connectivity index (χ1v) is 7.29. The van der Waals surface area contributed by atoms with E-state index in [1.165, 1.54) is 5.56 Å². The summed E-state index contributed by atoms with van der Waals surface area (Å²) < 4.78 is 1.99. The van der Waals surface area contributed by atoms with Gasteiger partial charge in [0, 0.05) is 17.5 Å². The number of imidazole rings is 1. The van der Waals surface area contributed by atoms with Crippen molar-refractivity contribution >= 4 is 17.2 Å². The van der Waals surface area contributed by atoms with Crippen LogP contribution in [0.1, 0.15) is 32.9 Å². The van der Waals surface area contributed by atoms with Crippen LogP contribution in [-0.2, 0) is 0 Å². The number of aromatic nitrogens is 2. The number of carbonyl (C=O) groups is 1. The number of anilines is 1. The van der Waals surface area contributed by atoms with E-state index in [1.54, 1.807) is 0 Å². The number of hydrogen-bond acceptors (Lipinski definition) is 2. The molecular weight excluding hydrogens is 274 g/mol. The molecule has 0 aliphatic rings. The van der Waals surface area contributed by atoms with Gasteiger partial charge < -0.3 is 9.72 Å². The quantitative estimate of drug-likeness (QED) is 0.780. The molecule has 112 valence electrons. The molecule has 0 unspecified atom stereocenters. The van der Waals surface area contributed by atoms with E-state index in [4.69, 9.17) is 0 Å². The smallest absolute Gasteiger partial charge is 0.255 e. The number of hydrogen-bond donors (Lipinski definition) is 1. The fraction of sp³-hybridized carbons (Fsp3) is 0.222. The van der Waals surface area contributed by atoms with E-state index in [1.807, 2.05) is 68.6 Å². The lowest BCUT2D eigenvalue weighted by Crippen LogP contribution is -2.12. The van der Waals surface area contributed by atoms with Gasteiger partial charge in [-0.3, -0.25) is 4.79 Å². The average Bonchev–Trinajstić information content (AvgIpc) is 2.77. The van der Waals surface area contributed by atoms with Gasteiger partial charge in [0.2, 0.25) is 0 Å². The van der Waals surface area contributed by atoms with Crippen molar-refractivity contribution in [1.82, 2.24) is 9.38 Å². The summed E-state index contributed by atoms with van der Waals surface area (Å²) >= 11 is 0. The molecule has 0 saturated heterocycles. The summed E-state index contributed by atoms with van der Waals surface area (Å²) in [6.45, 7) is 8.05. The number of amides is 1. The maximum atomic E-state index is 12.4. The summed E-state index contributed by atoms with van der Waals surface area (Å²) in [5.41, 5.74) is 6.69. The van der Waals surface area contributed by atoms with Crippen LogP contribution < -0.4 is 5.32 Å². The monoisotopic (exact) mass is 293 g/mol. The third kappa shape index (κ3) is 2.48. The number of nitrogens with zero attached hydrogens (tertiary/aromatic N) is 2. The molecule has 0 spiro atoms. The maximum Gasteiger partial charge on any atom is 0.255 e. The fourth-order valence-electron chi connectivity index (χ4n) is 2.44. The maximum absolute atomic E-state index is 12.4. The summed E-state index contributed by atoms with van der Waals surface area (Å²) in [6.07, 6.45) is 1.91. The Balaban J connectivity index is 1.90. The van der Waals surface area contributed by atoms with Gasteiger partial charge >= 0.3 is 0 Å².